The average Bonchev–Trinajstić information content (AvgIpc) is 2.45. The molecule has 0 amide bonds. The van der Waals surface area contributed by atoms with E-state index in [-0.39, 0.29) is 6.04 Å². The van der Waals surface area contributed by atoms with Gasteiger partial charge in [-0.25, -0.2) is 8.42 Å². The van der Waals surface area contributed by atoms with Gasteiger partial charge in [-0.05, 0) is 37.1 Å². The van der Waals surface area contributed by atoms with E-state index >= 15 is 0 Å². The van der Waals surface area contributed by atoms with Crippen molar-refractivity contribution in [3.05, 3.63) is 24.3 Å². The number of rotatable bonds is 5. The minimum Gasteiger partial charge on any atom is -0.493 e. The lowest BCUT2D eigenvalue weighted by Gasteiger charge is -2.31. The van der Waals surface area contributed by atoms with Crippen molar-refractivity contribution < 1.29 is 13.2 Å². The highest BCUT2D eigenvalue weighted by atomic mass is 32.2. The number of hydrogen-bond acceptors (Lipinski definition) is 4. The summed E-state index contributed by atoms with van der Waals surface area (Å²) in [5.41, 5.74) is 0. The monoisotopic (exact) mass is 312 g/mol. The molecule has 2 rings (SSSR count). The summed E-state index contributed by atoms with van der Waals surface area (Å²) in [6, 6.07) is 6.87. The lowest BCUT2D eigenvalue weighted by molar-refractivity contribution is 0.271. The van der Waals surface area contributed by atoms with Gasteiger partial charge >= 0.3 is 0 Å². The van der Waals surface area contributed by atoms with Crippen LogP contribution in [0.4, 0.5) is 0 Å². The Kier molecular flexibility index (Phi) is 5.24. The lowest BCUT2D eigenvalue weighted by Crippen LogP contribution is -2.51. The molecule has 1 aliphatic rings. The van der Waals surface area contributed by atoms with Crippen LogP contribution in [0.2, 0.25) is 0 Å². The molecule has 0 radical (unpaired) electrons. The molecule has 0 unspecified atom stereocenters. The Morgan fingerprint density at radius 2 is 2.00 bits per heavy atom. The summed E-state index contributed by atoms with van der Waals surface area (Å²) < 4.78 is 32.3. The van der Waals surface area contributed by atoms with E-state index < -0.39 is 10.0 Å². The SMILES string of the molecule is CC(C)COc1ccc(S(=O)(=O)N2CCN[C@@H](C)C2)cc1. The highest BCUT2D eigenvalue weighted by Gasteiger charge is 2.28. The summed E-state index contributed by atoms with van der Waals surface area (Å²) in [5, 5.41) is 3.25. The van der Waals surface area contributed by atoms with Crippen LogP contribution in [-0.2, 0) is 10.0 Å². The van der Waals surface area contributed by atoms with Crippen LogP contribution in [0.1, 0.15) is 20.8 Å². The summed E-state index contributed by atoms with van der Waals surface area (Å²) in [6.07, 6.45) is 0. The number of nitrogens with one attached hydrogen (secondary N) is 1. The van der Waals surface area contributed by atoms with Crippen molar-refractivity contribution in [3.63, 3.8) is 0 Å². The first-order valence-electron chi connectivity index (χ1n) is 7.36. The first kappa shape index (κ1) is 16.3. The van der Waals surface area contributed by atoms with E-state index in [1.165, 1.54) is 4.31 Å². The molecule has 0 aromatic heterocycles. The van der Waals surface area contributed by atoms with Gasteiger partial charge in [-0.1, -0.05) is 13.8 Å². The molecule has 1 aromatic rings. The maximum Gasteiger partial charge on any atom is 0.243 e. The smallest absolute Gasteiger partial charge is 0.243 e. The van der Waals surface area contributed by atoms with Crippen molar-refractivity contribution in [1.29, 1.82) is 0 Å². The van der Waals surface area contributed by atoms with Crippen LogP contribution < -0.4 is 10.1 Å². The minimum atomic E-state index is -3.41. The van der Waals surface area contributed by atoms with E-state index in [2.05, 4.69) is 19.2 Å². The van der Waals surface area contributed by atoms with Gasteiger partial charge in [0.1, 0.15) is 5.75 Å². The van der Waals surface area contributed by atoms with Gasteiger partial charge in [-0.2, -0.15) is 4.31 Å². The fourth-order valence-electron chi connectivity index (χ4n) is 2.24. The topological polar surface area (TPSA) is 58.6 Å². The fourth-order valence-corrected chi connectivity index (χ4v) is 3.76. The third-order valence-electron chi connectivity index (χ3n) is 3.38. The second-order valence-corrected chi connectivity index (χ2v) is 7.83. The number of benzene rings is 1. The van der Waals surface area contributed by atoms with Crippen molar-refractivity contribution in [2.45, 2.75) is 31.7 Å². The molecule has 0 saturated carbocycles. The summed E-state index contributed by atoms with van der Waals surface area (Å²) in [4.78, 5) is 0.327. The van der Waals surface area contributed by atoms with Gasteiger partial charge < -0.3 is 10.1 Å². The molecule has 0 aliphatic carbocycles. The van der Waals surface area contributed by atoms with Crippen LogP contribution in [0, 0.1) is 5.92 Å². The van der Waals surface area contributed by atoms with Crippen molar-refractivity contribution in [2.24, 2.45) is 5.92 Å². The number of hydrogen-bond donors (Lipinski definition) is 1. The standard InChI is InChI=1S/C15H24N2O3S/c1-12(2)11-20-14-4-6-15(7-5-14)21(18,19)17-9-8-16-13(3)10-17/h4-7,12-13,16H,8-11H2,1-3H3/t13-/m0/s1. The summed E-state index contributed by atoms with van der Waals surface area (Å²) >= 11 is 0. The number of ether oxygens (including phenoxy) is 1. The molecule has 1 fully saturated rings. The lowest BCUT2D eigenvalue weighted by atomic mass is 10.2. The van der Waals surface area contributed by atoms with Crippen LogP contribution in [0.5, 0.6) is 5.75 Å². The van der Waals surface area contributed by atoms with Crippen molar-refractivity contribution in [2.75, 3.05) is 26.2 Å². The average molecular weight is 312 g/mol. The zero-order chi connectivity index (χ0) is 15.5. The molecular formula is C15H24N2O3S. The van der Waals surface area contributed by atoms with Crippen molar-refractivity contribution >= 4 is 10.0 Å². The van der Waals surface area contributed by atoms with E-state index in [1.54, 1.807) is 24.3 Å². The van der Waals surface area contributed by atoms with E-state index in [4.69, 9.17) is 4.74 Å². The second-order valence-electron chi connectivity index (χ2n) is 5.89. The molecule has 118 valence electrons. The Morgan fingerprint density at radius 1 is 1.33 bits per heavy atom. The summed E-state index contributed by atoms with van der Waals surface area (Å²) in [6.45, 7) is 8.48. The maximum atomic E-state index is 12.6. The van der Waals surface area contributed by atoms with Gasteiger partial charge in [0.2, 0.25) is 10.0 Å². The molecule has 5 nitrogen and oxygen atoms in total. The van der Waals surface area contributed by atoms with Gasteiger partial charge in [-0.3, -0.25) is 0 Å². The Bertz CT molecular complexity index is 555. The molecule has 6 heteroatoms. The largest absolute Gasteiger partial charge is 0.493 e. The molecule has 1 heterocycles. The third-order valence-corrected chi connectivity index (χ3v) is 5.26. The van der Waals surface area contributed by atoms with Crippen LogP contribution in [0.3, 0.4) is 0 Å². The van der Waals surface area contributed by atoms with Crippen LogP contribution in [0.25, 0.3) is 0 Å². The normalized spacial score (nSPS) is 20.7. The van der Waals surface area contributed by atoms with E-state index in [1.807, 2.05) is 6.92 Å². The highest BCUT2D eigenvalue weighted by molar-refractivity contribution is 7.89. The second kappa shape index (κ2) is 6.77. The molecule has 1 aliphatic heterocycles. The highest BCUT2D eigenvalue weighted by Crippen LogP contribution is 2.21. The van der Waals surface area contributed by atoms with E-state index in [0.29, 0.717) is 42.8 Å². The summed E-state index contributed by atoms with van der Waals surface area (Å²) in [5.74, 6) is 1.15. The Hall–Kier alpha value is -1.11. The molecule has 1 atom stereocenters. The predicted octanol–water partition coefficient (Wildman–Crippen LogP) is 1.70. The van der Waals surface area contributed by atoms with E-state index in [9.17, 15) is 8.42 Å². The molecule has 21 heavy (non-hydrogen) atoms. The van der Waals surface area contributed by atoms with Gasteiger partial charge in [0.05, 0.1) is 11.5 Å². The first-order valence-corrected chi connectivity index (χ1v) is 8.80. The van der Waals surface area contributed by atoms with Gasteiger partial charge in [-0.15, -0.1) is 0 Å². The van der Waals surface area contributed by atoms with Crippen molar-refractivity contribution in [3.8, 4) is 5.75 Å². The Morgan fingerprint density at radius 3 is 2.57 bits per heavy atom. The van der Waals surface area contributed by atoms with Crippen LogP contribution in [0.15, 0.2) is 29.2 Å². The molecule has 1 saturated heterocycles. The number of sulfonamides is 1. The molecule has 0 bridgehead atoms. The van der Waals surface area contributed by atoms with Crippen molar-refractivity contribution in [1.82, 2.24) is 9.62 Å². The van der Waals surface area contributed by atoms with Crippen LogP contribution in [-0.4, -0.2) is 45.0 Å². The Balaban J connectivity index is 2.09. The molecule has 0 spiro atoms. The van der Waals surface area contributed by atoms with Gasteiger partial charge in [0.15, 0.2) is 0 Å². The predicted molar refractivity (Wildman–Crippen MR) is 83.0 cm³/mol. The molecule has 1 aromatic carbocycles. The Labute approximate surface area is 127 Å². The third kappa shape index (κ3) is 4.18. The molecule has 1 N–H and O–H groups in total. The van der Waals surface area contributed by atoms with Crippen LogP contribution >= 0.6 is 0 Å². The zero-order valence-corrected chi connectivity index (χ0v) is 13.7. The molecular weight excluding hydrogens is 288 g/mol. The first-order chi connectivity index (χ1) is 9.89. The maximum absolute atomic E-state index is 12.6. The van der Waals surface area contributed by atoms with Gasteiger partial charge in [0.25, 0.3) is 0 Å². The van der Waals surface area contributed by atoms with E-state index in [0.717, 1.165) is 0 Å². The number of piperazine rings is 1. The quantitative estimate of drug-likeness (QED) is 0.899. The summed E-state index contributed by atoms with van der Waals surface area (Å²) in [7, 11) is -3.41. The zero-order valence-electron chi connectivity index (χ0n) is 12.9. The number of nitrogens with zero attached hydrogens (tertiary/aromatic N) is 1. The van der Waals surface area contributed by atoms with Gasteiger partial charge in [0, 0.05) is 25.7 Å². The fraction of sp³-hybridized carbons (Fsp3) is 0.600. The minimum absolute atomic E-state index is 0.183.